The van der Waals surface area contributed by atoms with Crippen LogP contribution in [-0.4, -0.2) is 50.5 Å². The monoisotopic (exact) mass is 575 g/mol. The number of sulfonamides is 1. The Labute approximate surface area is 234 Å². The van der Waals surface area contributed by atoms with Gasteiger partial charge in [-0.25, -0.2) is 8.42 Å². The zero-order valence-corrected chi connectivity index (χ0v) is 23.6. The molecule has 202 valence electrons. The van der Waals surface area contributed by atoms with Crippen LogP contribution in [0.3, 0.4) is 0 Å². The molecule has 38 heavy (non-hydrogen) atoms. The highest BCUT2D eigenvalue weighted by Gasteiger charge is 2.33. The highest BCUT2D eigenvalue weighted by Crippen LogP contribution is 2.28. The second-order valence-corrected chi connectivity index (χ2v) is 11.6. The minimum absolute atomic E-state index is 0.121. The maximum absolute atomic E-state index is 13.9. The summed E-state index contributed by atoms with van der Waals surface area (Å²) in [5, 5.41) is 3.33. The molecule has 3 aromatic rings. The van der Waals surface area contributed by atoms with Gasteiger partial charge >= 0.3 is 0 Å². The number of hydrogen-bond acceptors (Lipinski definition) is 4. The van der Waals surface area contributed by atoms with E-state index in [-0.39, 0.29) is 34.6 Å². The Morgan fingerprint density at radius 1 is 0.895 bits per heavy atom. The summed E-state index contributed by atoms with van der Waals surface area (Å²) in [5.74, 6) is -0.835. The molecule has 2 amide bonds. The molecule has 0 bridgehead atoms. The van der Waals surface area contributed by atoms with E-state index >= 15 is 0 Å². The predicted molar refractivity (Wildman–Crippen MR) is 153 cm³/mol. The first-order valence-corrected chi connectivity index (χ1v) is 14.8. The van der Waals surface area contributed by atoms with E-state index in [1.54, 1.807) is 0 Å². The third kappa shape index (κ3) is 8.21. The molecule has 1 N–H and O–H groups in total. The number of carbonyl (C=O) groups is 2. The van der Waals surface area contributed by atoms with Crippen LogP contribution in [0.1, 0.15) is 24.5 Å². The van der Waals surface area contributed by atoms with Crippen molar-refractivity contribution in [2.45, 2.75) is 32.4 Å². The van der Waals surface area contributed by atoms with Crippen LogP contribution in [0.15, 0.2) is 78.9 Å². The molecule has 0 heterocycles. The van der Waals surface area contributed by atoms with E-state index < -0.39 is 28.5 Å². The molecule has 0 spiro atoms. The number of nitrogens with one attached hydrogen (secondary N) is 1. The first-order chi connectivity index (χ1) is 18.1. The number of rotatable bonds is 12. The highest BCUT2D eigenvalue weighted by molar-refractivity contribution is 7.92. The van der Waals surface area contributed by atoms with E-state index in [1.165, 1.54) is 23.1 Å². The third-order valence-corrected chi connectivity index (χ3v) is 7.77. The van der Waals surface area contributed by atoms with Crippen LogP contribution in [0.25, 0.3) is 0 Å². The molecular weight excluding hydrogens is 545 g/mol. The maximum Gasteiger partial charge on any atom is 0.244 e. The standard InChI is InChI=1S/C28H31Cl2N3O4S/c1-3-16-31-28(35)26(17-21-10-6-4-7-11-21)32(19-22-12-8-5-9-13-22)27(34)20-33(38(2,36)37)23-14-15-24(29)25(30)18-23/h4-15,18,26H,3,16-17,19-20H2,1-2H3,(H,31,35)/t26-/m1/s1. The Morgan fingerprint density at radius 3 is 2.05 bits per heavy atom. The normalized spacial score (nSPS) is 12.0. The molecule has 3 aromatic carbocycles. The van der Waals surface area contributed by atoms with Crippen LogP contribution in [0, 0.1) is 0 Å². The summed E-state index contributed by atoms with van der Waals surface area (Å²) in [6.07, 6.45) is 2.01. The van der Waals surface area contributed by atoms with E-state index in [9.17, 15) is 18.0 Å². The van der Waals surface area contributed by atoms with Gasteiger partial charge in [-0.2, -0.15) is 0 Å². The predicted octanol–water partition coefficient (Wildman–Crippen LogP) is 4.93. The van der Waals surface area contributed by atoms with Gasteiger partial charge in [-0.1, -0.05) is 90.8 Å². The lowest BCUT2D eigenvalue weighted by Gasteiger charge is -2.33. The number of halogens is 2. The summed E-state index contributed by atoms with van der Waals surface area (Å²) in [6, 6.07) is 22.2. The van der Waals surface area contributed by atoms with Crippen LogP contribution in [0.5, 0.6) is 0 Å². The highest BCUT2D eigenvalue weighted by atomic mass is 35.5. The summed E-state index contributed by atoms with van der Waals surface area (Å²) in [5.41, 5.74) is 1.88. The summed E-state index contributed by atoms with van der Waals surface area (Å²) < 4.78 is 26.5. The molecule has 0 aromatic heterocycles. The summed E-state index contributed by atoms with van der Waals surface area (Å²) in [4.78, 5) is 28.8. The number of hydrogen-bond donors (Lipinski definition) is 1. The molecule has 0 saturated heterocycles. The molecule has 0 aliphatic rings. The van der Waals surface area contributed by atoms with Gasteiger partial charge in [-0.3, -0.25) is 13.9 Å². The van der Waals surface area contributed by atoms with Crippen molar-refractivity contribution < 1.29 is 18.0 Å². The van der Waals surface area contributed by atoms with Gasteiger partial charge in [0.25, 0.3) is 0 Å². The van der Waals surface area contributed by atoms with Gasteiger partial charge < -0.3 is 10.2 Å². The molecule has 1 atom stereocenters. The molecular formula is C28H31Cl2N3O4S. The molecule has 0 radical (unpaired) electrons. The van der Waals surface area contributed by atoms with Crippen LogP contribution in [0.4, 0.5) is 5.69 Å². The lowest BCUT2D eigenvalue weighted by Crippen LogP contribution is -2.53. The van der Waals surface area contributed by atoms with Crippen LogP contribution < -0.4 is 9.62 Å². The molecule has 0 unspecified atom stereocenters. The number of benzene rings is 3. The number of carbonyl (C=O) groups excluding carboxylic acids is 2. The Morgan fingerprint density at radius 2 is 1.50 bits per heavy atom. The quantitative estimate of drug-likeness (QED) is 0.332. The first kappa shape index (κ1) is 29.5. The number of nitrogens with zero attached hydrogens (tertiary/aromatic N) is 2. The average Bonchev–Trinajstić information content (AvgIpc) is 2.90. The second kappa shape index (κ2) is 13.6. The summed E-state index contributed by atoms with van der Waals surface area (Å²) in [6.45, 7) is 2.00. The fourth-order valence-electron chi connectivity index (χ4n) is 3.95. The van der Waals surface area contributed by atoms with Crippen molar-refractivity contribution in [3.05, 3.63) is 100 Å². The number of amides is 2. The van der Waals surface area contributed by atoms with Gasteiger partial charge in [0.05, 0.1) is 22.0 Å². The molecule has 3 rings (SSSR count). The van der Waals surface area contributed by atoms with Gasteiger partial charge in [-0.05, 0) is 35.7 Å². The van der Waals surface area contributed by atoms with Gasteiger partial charge in [0, 0.05) is 19.5 Å². The smallest absolute Gasteiger partial charge is 0.244 e. The number of anilines is 1. The topological polar surface area (TPSA) is 86.8 Å². The summed E-state index contributed by atoms with van der Waals surface area (Å²) in [7, 11) is -3.88. The van der Waals surface area contributed by atoms with E-state index in [4.69, 9.17) is 23.2 Å². The Bertz CT molecular complexity index is 1340. The van der Waals surface area contributed by atoms with Crippen LogP contribution in [-0.2, 0) is 32.6 Å². The Balaban J connectivity index is 2.03. The lowest BCUT2D eigenvalue weighted by atomic mass is 10.0. The first-order valence-electron chi connectivity index (χ1n) is 12.2. The second-order valence-electron chi connectivity index (χ2n) is 8.87. The maximum atomic E-state index is 13.9. The van der Waals surface area contributed by atoms with Crippen LogP contribution >= 0.6 is 23.2 Å². The van der Waals surface area contributed by atoms with Crippen molar-refractivity contribution >= 4 is 50.7 Å². The van der Waals surface area contributed by atoms with Gasteiger partial charge in [0.15, 0.2) is 0 Å². The molecule has 0 aliphatic carbocycles. The van der Waals surface area contributed by atoms with Crippen molar-refractivity contribution in [3.63, 3.8) is 0 Å². The van der Waals surface area contributed by atoms with E-state index in [0.717, 1.165) is 28.1 Å². The van der Waals surface area contributed by atoms with E-state index in [0.29, 0.717) is 6.54 Å². The molecule has 0 aliphatic heterocycles. The van der Waals surface area contributed by atoms with Crippen molar-refractivity contribution in [2.24, 2.45) is 0 Å². The molecule has 7 nitrogen and oxygen atoms in total. The average molecular weight is 577 g/mol. The Hall–Kier alpha value is -3.07. The molecule has 0 saturated carbocycles. The van der Waals surface area contributed by atoms with Crippen LogP contribution in [0.2, 0.25) is 10.0 Å². The minimum Gasteiger partial charge on any atom is -0.354 e. The molecule has 0 fully saturated rings. The molecule has 10 heteroatoms. The SMILES string of the molecule is CCCNC(=O)[C@@H](Cc1ccccc1)N(Cc1ccccc1)C(=O)CN(c1ccc(Cl)c(Cl)c1)S(C)(=O)=O. The van der Waals surface area contributed by atoms with Crippen molar-refractivity contribution in [1.29, 1.82) is 0 Å². The van der Waals surface area contributed by atoms with Gasteiger partial charge in [0.1, 0.15) is 12.6 Å². The van der Waals surface area contributed by atoms with Gasteiger partial charge in [0.2, 0.25) is 21.8 Å². The zero-order chi connectivity index (χ0) is 27.7. The van der Waals surface area contributed by atoms with Crippen molar-refractivity contribution in [2.75, 3.05) is 23.7 Å². The van der Waals surface area contributed by atoms with E-state index in [1.807, 2.05) is 67.6 Å². The van der Waals surface area contributed by atoms with Crippen molar-refractivity contribution in [3.8, 4) is 0 Å². The third-order valence-electron chi connectivity index (χ3n) is 5.89. The fraction of sp³-hybridized carbons (Fsp3) is 0.286. The van der Waals surface area contributed by atoms with E-state index in [2.05, 4.69) is 5.32 Å². The largest absolute Gasteiger partial charge is 0.354 e. The Kier molecular flexibility index (Phi) is 10.6. The minimum atomic E-state index is -3.88. The van der Waals surface area contributed by atoms with Gasteiger partial charge in [-0.15, -0.1) is 0 Å². The fourth-order valence-corrected chi connectivity index (χ4v) is 5.09. The summed E-state index contributed by atoms with van der Waals surface area (Å²) >= 11 is 12.2. The van der Waals surface area contributed by atoms with Crippen molar-refractivity contribution in [1.82, 2.24) is 10.2 Å². The zero-order valence-electron chi connectivity index (χ0n) is 21.3. The lowest BCUT2D eigenvalue weighted by molar-refractivity contribution is -0.140.